The average Bonchev–Trinajstić information content (AvgIpc) is 3.10. The number of hydrogen-bond donors (Lipinski definition) is 0. The Hall–Kier alpha value is -2.03. The molecule has 1 aliphatic rings. The maximum Gasteiger partial charge on any atom is 0.293 e. The van der Waals surface area contributed by atoms with Crippen molar-refractivity contribution in [1.29, 1.82) is 0 Å². The van der Waals surface area contributed by atoms with Gasteiger partial charge in [-0.25, -0.2) is 4.68 Å². The fourth-order valence-corrected chi connectivity index (χ4v) is 3.71. The summed E-state index contributed by atoms with van der Waals surface area (Å²) >= 11 is 13.0. The molecule has 1 fully saturated rings. The van der Waals surface area contributed by atoms with Gasteiger partial charge in [-0.05, 0) is 29.5 Å². The molecule has 0 radical (unpaired) electrons. The summed E-state index contributed by atoms with van der Waals surface area (Å²) in [6.45, 7) is 0.481. The number of thioether (sulfide) groups is 1. The lowest BCUT2D eigenvalue weighted by Gasteiger charge is -2.10. The van der Waals surface area contributed by atoms with E-state index in [1.54, 1.807) is 48.2 Å². The Labute approximate surface area is 164 Å². The predicted molar refractivity (Wildman–Crippen MR) is 101 cm³/mol. The third-order valence-corrected chi connectivity index (χ3v) is 4.98. The van der Waals surface area contributed by atoms with Crippen LogP contribution < -0.4 is 0 Å². The first kappa shape index (κ1) is 18.8. The van der Waals surface area contributed by atoms with E-state index >= 15 is 0 Å². The van der Waals surface area contributed by atoms with Crippen molar-refractivity contribution < 1.29 is 9.59 Å². The molecule has 0 saturated carbocycles. The van der Waals surface area contributed by atoms with E-state index < -0.39 is 0 Å². The first-order chi connectivity index (χ1) is 12.3. The summed E-state index contributed by atoms with van der Waals surface area (Å²) in [7, 11) is 3.59. The highest BCUT2D eigenvalue weighted by Gasteiger charge is 2.35. The Morgan fingerprint density at radius 3 is 2.69 bits per heavy atom. The van der Waals surface area contributed by atoms with Crippen LogP contribution in [-0.2, 0) is 17.9 Å². The number of amides is 2. The first-order valence-electron chi connectivity index (χ1n) is 7.58. The number of halogens is 2. The molecular weight excluding hydrogens is 397 g/mol. The summed E-state index contributed by atoms with van der Waals surface area (Å²) in [6.07, 6.45) is 3.31. The van der Waals surface area contributed by atoms with Crippen molar-refractivity contribution in [3.8, 4) is 0 Å². The smallest absolute Gasteiger partial charge is 0.293 e. The van der Waals surface area contributed by atoms with Gasteiger partial charge in [-0.1, -0.05) is 34.5 Å². The van der Waals surface area contributed by atoms with Crippen molar-refractivity contribution in [3.05, 3.63) is 56.8 Å². The van der Waals surface area contributed by atoms with E-state index in [-0.39, 0.29) is 17.7 Å². The van der Waals surface area contributed by atoms with Crippen LogP contribution in [-0.4, -0.2) is 50.0 Å². The van der Waals surface area contributed by atoms with Crippen molar-refractivity contribution in [2.45, 2.75) is 13.1 Å². The van der Waals surface area contributed by atoms with Crippen LogP contribution in [0.15, 0.2) is 35.5 Å². The van der Waals surface area contributed by atoms with E-state index in [1.165, 1.54) is 0 Å². The third-order valence-electron chi connectivity index (χ3n) is 3.50. The highest BCUT2D eigenvalue weighted by Crippen LogP contribution is 2.31. The van der Waals surface area contributed by atoms with Gasteiger partial charge in [-0.2, -0.15) is 0 Å². The molecule has 1 aromatic carbocycles. The van der Waals surface area contributed by atoms with Crippen molar-refractivity contribution in [1.82, 2.24) is 24.8 Å². The molecule has 0 aliphatic carbocycles. The number of carbonyl (C=O) groups excluding carboxylic acids is 2. The van der Waals surface area contributed by atoms with Crippen molar-refractivity contribution in [3.63, 3.8) is 0 Å². The molecule has 26 heavy (non-hydrogen) atoms. The molecule has 2 aromatic rings. The summed E-state index contributed by atoms with van der Waals surface area (Å²) in [4.78, 5) is 27.7. The molecule has 0 unspecified atom stereocenters. The van der Waals surface area contributed by atoms with Gasteiger partial charge >= 0.3 is 0 Å². The molecule has 1 aliphatic heterocycles. The first-order valence-corrected chi connectivity index (χ1v) is 9.15. The minimum Gasteiger partial charge on any atom is -0.382 e. The minimum atomic E-state index is -0.330. The van der Waals surface area contributed by atoms with Crippen LogP contribution >= 0.6 is 35.0 Å². The molecule has 2 heterocycles. The highest BCUT2D eigenvalue weighted by molar-refractivity contribution is 8.18. The molecule has 10 heteroatoms. The van der Waals surface area contributed by atoms with Gasteiger partial charge in [0.2, 0.25) is 0 Å². The zero-order valence-electron chi connectivity index (χ0n) is 14.0. The van der Waals surface area contributed by atoms with Crippen LogP contribution in [0.25, 0.3) is 0 Å². The Morgan fingerprint density at radius 1 is 1.23 bits per heavy atom. The van der Waals surface area contributed by atoms with E-state index in [1.807, 2.05) is 6.07 Å². The summed E-state index contributed by atoms with van der Waals surface area (Å²) in [5.41, 5.74) is 1.36. The summed E-state index contributed by atoms with van der Waals surface area (Å²) in [6, 6.07) is 5.22. The SMILES string of the molecule is CN(C)/C=C1\SC(=O)N(Cc2cn(Cc3ccc(Cl)cc3Cl)nn2)C1=O. The van der Waals surface area contributed by atoms with Crippen LogP contribution in [0.4, 0.5) is 4.79 Å². The average molecular weight is 412 g/mol. The Balaban J connectivity index is 1.71. The second-order valence-corrected chi connectivity index (χ2v) is 7.70. The van der Waals surface area contributed by atoms with Crippen LogP contribution in [0.5, 0.6) is 0 Å². The zero-order chi connectivity index (χ0) is 18.8. The number of benzene rings is 1. The molecule has 7 nitrogen and oxygen atoms in total. The fraction of sp³-hybridized carbons (Fsp3) is 0.250. The van der Waals surface area contributed by atoms with E-state index in [0.717, 1.165) is 22.2 Å². The lowest BCUT2D eigenvalue weighted by molar-refractivity contribution is -0.123. The standard InChI is InChI=1S/C16H15Cl2N5O2S/c1-21(2)9-14-15(24)23(16(25)26-14)8-12-7-22(20-19-12)6-10-3-4-11(17)5-13(10)18/h3-5,7,9H,6,8H2,1-2H3/b14-9-. The molecule has 1 aromatic heterocycles. The van der Waals surface area contributed by atoms with Crippen molar-refractivity contribution in [2.75, 3.05) is 14.1 Å². The normalized spacial score (nSPS) is 16.0. The van der Waals surface area contributed by atoms with Gasteiger partial charge < -0.3 is 4.90 Å². The summed E-state index contributed by atoms with van der Waals surface area (Å²) in [5.74, 6) is -0.330. The van der Waals surface area contributed by atoms with Crippen molar-refractivity contribution in [2.24, 2.45) is 0 Å². The maximum absolute atomic E-state index is 12.3. The molecule has 0 bridgehead atoms. The van der Waals surface area contributed by atoms with Gasteiger partial charge in [0.15, 0.2) is 0 Å². The Kier molecular flexibility index (Phi) is 5.55. The van der Waals surface area contributed by atoms with Gasteiger partial charge in [0.25, 0.3) is 11.1 Å². The number of nitrogens with zero attached hydrogens (tertiary/aromatic N) is 5. The van der Waals surface area contributed by atoms with Gasteiger partial charge in [0, 0.05) is 30.3 Å². The van der Waals surface area contributed by atoms with E-state index in [2.05, 4.69) is 10.3 Å². The van der Waals surface area contributed by atoms with Gasteiger partial charge in [-0.15, -0.1) is 5.10 Å². The molecule has 0 spiro atoms. The number of rotatable bonds is 5. The largest absolute Gasteiger partial charge is 0.382 e. The quantitative estimate of drug-likeness (QED) is 0.703. The van der Waals surface area contributed by atoms with E-state index in [9.17, 15) is 9.59 Å². The summed E-state index contributed by atoms with van der Waals surface area (Å²) in [5, 5.41) is 8.84. The topological polar surface area (TPSA) is 71.3 Å². The fourth-order valence-electron chi connectivity index (χ4n) is 2.34. The third kappa shape index (κ3) is 4.20. The van der Waals surface area contributed by atoms with E-state index in [4.69, 9.17) is 23.2 Å². The van der Waals surface area contributed by atoms with Crippen LogP contribution in [0.2, 0.25) is 10.0 Å². The monoisotopic (exact) mass is 411 g/mol. The van der Waals surface area contributed by atoms with Crippen LogP contribution in [0.1, 0.15) is 11.3 Å². The maximum atomic E-state index is 12.3. The zero-order valence-corrected chi connectivity index (χ0v) is 16.3. The lowest BCUT2D eigenvalue weighted by atomic mass is 10.2. The Morgan fingerprint density at radius 2 is 2.00 bits per heavy atom. The number of aromatic nitrogens is 3. The molecule has 0 N–H and O–H groups in total. The van der Waals surface area contributed by atoms with Gasteiger partial charge in [0.05, 0.1) is 24.2 Å². The lowest BCUT2D eigenvalue weighted by Crippen LogP contribution is -2.28. The summed E-state index contributed by atoms with van der Waals surface area (Å²) < 4.78 is 1.60. The molecule has 1 saturated heterocycles. The van der Waals surface area contributed by atoms with Gasteiger partial charge in [0.1, 0.15) is 5.69 Å². The predicted octanol–water partition coefficient (Wildman–Crippen LogP) is 3.23. The van der Waals surface area contributed by atoms with Crippen LogP contribution in [0.3, 0.4) is 0 Å². The second kappa shape index (κ2) is 7.69. The van der Waals surface area contributed by atoms with Crippen molar-refractivity contribution >= 4 is 46.1 Å². The van der Waals surface area contributed by atoms with Crippen LogP contribution in [0, 0.1) is 0 Å². The van der Waals surface area contributed by atoms with Gasteiger partial charge in [-0.3, -0.25) is 14.5 Å². The number of hydrogen-bond acceptors (Lipinski definition) is 6. The number of imide groups is 1. The van der Waals surface area contributed by atoms with E-state index in [0.29, 0.717) is 27.2 Å². The Bertz CT molecular complexity index is 897. The molecule has 0 atom stereocenters. The highest BCUT2D eigenvalue weighted by atomic mass is 35.5. The number of carbonyl (C=O) groups is 2. The molecule has 2 amide bonds. The molecule has 3 rings (SSSR count). The molecular formula is C16H15Cl2N5O2S. The molecule has 136 valence electrons. The minimum absolute atomic E-state index is 0.0732. The second-order valence-electron chi connectivity index (χ2n) is 5.86.